The second kappa shape index (κ2) is 3.41. The molecule has 3 aliphatic heterocycles. The van der Waals surface area contributed by atoms with E-state index in [1.54, 1.807) is 0 Å². The number of ether oxygens (including phenoxy) is 3. The third-order valence-corrected chi connectivity index (χ3v) is 5.40. The quantitative estimate of drug-likeness (QED) is 0.497. The third-order valence-electron chi connectivity index (χ3n) is 5.40. The van der Waals surface area contributed by atoms with Gasteiger partial charge in [0, 0.05) is 18.4 Å². The first kappa shape index (κ1) is 11.9. The Kier molecular flexibility index (Phi) is 2.14. The summed E-state index contributed by atoms with van der Waals surface area (Å²) in [7, 11) is 0. The highest BCUT2D eigenvalue weighted by Crippen LogP contribution is 2.53. The van der Waals surface area contributed by atoms with Crippen molar-refractivity contribution in [3.63, 3.8) is 0 Å². The molecule has 0 radical (unpaired) electrons. The molecule has 3 fully saturated rings. The molecule has 3 heterocycles. The average molecular weight is 264 g/mol. The highest BCUT2D eigenvalue weighted by atomic mass is 16.6. The second-order valence-electron chi connectivity index (χ2n) is 6.83. The predicted octanol–water partition coefficient (Wildman–Crippen LogP) is 2.12. The zero-order chi connectivity index (χ0) is 13.4. The minimum atomic E-state index is -0.164. The van der Waals surface area contributed by atoms with E-state index in [4.69, 9.17) is 14.2 Å². The van der Waals surface area contributed by atoms with E-state index in [0.717, 1.165) is 36.8 Å². The van der Waals surface area contributed by atoms with Crippen molar-refractivity contribution >= 4 is 5.97 Å². The molecular weight excluding hydrogens is 244 g/mol. The van der Waals surface area contributed by atoms with Gasteiger partial charge in [0.05, 0.1) is 23.4 Å². The Bertz CT molecular complexity index is 496. The van der Waals surface area contributed by atoms with Gasteiger partial charge in [-0.2, -0.15) is 0 Å². The van der Waals surface area contributed by atoms with Gasteiger partial charge in [-0.1, -0.05) is 0 Å². The molecule has 0 aromatic rings. The molecule has 1 aliphatic carbocycles. The van der Waals surface area contributed by atoms with Crippen LogP contribution in [0.15, 0.2) is 11.1 Å². The number of hydrogen-bond acceptors (Lipinski definition) is 4. The summed E-state index contributed by atoms with van der Waals surface area (Å²) in [5.74, 6) is -0.164. The van der Waals surface area contributed by atoms with Crippen LogP contribution in [0.2, 0.25) is 0 Å². The Balaban J connectivity index is 1.66. The van der Waals surface area contributed by atoms with Gasteiger partial charge in [-0.05, 0) is 39.2 Å². The molecule has 1 saturated carbocycles. The van der Waals surface area contributed by atoms with E-state index in [1.165, 1.54) is 0 Å². The van der Waals surface area contributed by atoms with Crippen molar-refractivity contribution in [1.82, 2.24) is 0 Å². The van der Waals surface area contributed by atoms with Gasteiger partial charge < -0.3 is 14.2 Å². The lowest BCUT2D eigenvalue weighted by atomic mass is 9.85. The summed E-state index contributed by atoms with van der Waals surface area (Å²) in [4.78, 5) is 11.8. The average Bonchev–Trinajstić information content (AvgIpc) is 3.15. The van der Waals surface area contributed by atoms with E-state index in [0.29, 0.717) is 6.10 Å². The smallest absolute Gasteiger partial charge is 0.334 e. The monoisotopic (exact) mass is 264 g/mol. The summed E-state index contributed by atoms with van der Waals surface area (Å²) in [6.45, 7) is 6.17. The lowest BCUT2D eigenvalue weighted by Crippen LogP contribution is -2.25. The van der Waals surface area contributed by atoms with Crippen LogP contribution in [0.1, 0.15) is 46.5 Å². The summed E-state index contributed by atoms with van der Waals surface area (Å²) in [5, 5.41) is 0. The van der Waals surface area contributed by atoms with Crippen molar-refractivity contribution < 1.29 is 19.0 Å². The summed E-state index contributed by atoms with van der Waals surface area (Å²) < 4.78 is 17.3. The van der Waals surface area contributed by atoms with E-state index in [2.05, 4.69) is 13.8 Å². The minimum absolute atomic E-state index is 0.0202. The highest BCUT2D eigenvalue weighted by Gasteiger charge is 2.60. The molecule has 0 bridgehead atoms. The van der Waals surface area contributed by atoms with Crippen LogP contribution < -0.4 is 0 Å². The third kappa shape index (κ3) is 1.69. The molecule has 104 valence electrons. The number of epoxide rings is 2. The van der Waals surface area contributed by atoms with Gasteiger partial charge in [-0.3, -0.25) is 0 Å². The number of carbonyl (C=O) groups excluding carboxylic acids is 1. The summed E-state index contributed by atoms with van der Waals surface area (Å²) in [6, 6.07) is 0. The predicted molar refractivity (Wildman–Crippen MR) is 67.6 cm³/mol. The number of hydrogen-bond donors (Lipinski definition) is 0. The molecule has 2 saturated heterocycles. The van der Waals surface area contributed by atoms with Gasteiger partial charge in [0.2, 0.25) is 0 Å². The van der Waals surface area contributed by atoms with E-state index >= 15 is 0 Å². The van der Waals surface area contributed by atoms with Gasteiger partial charge in [0.25, 0.3) is 0 Å². The molecule has 4 nitrogen and oxygen atoms in total. The van der Waals surface area contributed by atoms with Crippen molar-refractivity contribution in [3.05, 3.63) is 11.1 Å². The Morgan fingerprint density at radius 3 is 2.68 bits per heavy atom. The van der Waals surface area contributed by atoms with Gasteiger partial charge in [0.1, 0.15) is 6.10 Å². The van der Waals surface area contributed by atoms with E-state index in [1.807, 2.05) is 6.92 Å². The fourth-order valence-corrected chi connectivity index (χ4v) is 3.70. The van der Waals surface area contributed by atoms with Crippen molar-refractivity contribution in [2.24, 2.45) is 0 Å². The van der Waals surface area contributed by atoms with E-state index in [9.17, 15) is 4.79 Å². The normalized spacial score (nSPS) is 51.9. The fraction of sp³-hybridized carbons (Fsp3) is 0.800. The minimum Gasteiger partial charge on any atom is -0.454 e. The molecule has 0 aromatic carbocycles. The van der Waals surface area contributed by atoms with Crippen molar-refractivity contribution in [1.29, 1.82) is 0 Å². The van der Waals surface area contributed by atoms with Crippen molar-refractivity contribution in [2.45, 2.75) is 76.0 Å². The van der Waals surface area contributed by atoms with Crippen LogP contribution in [0.25, 0.3) is 0 Å². The molecule has 19 heavy (non-hydrogen) atoms. The molecule has 0 N–H and O–H groups in total. The Hall–Kier alpha value is -0.870. The molecule has 4 rings (SSSR count). The highest BCUT2D eigenvalue weighted by molar-refractivity contribution is 5.91. The Labute approximate surface area is 113 Å². The van der Waals surface area contributed by atoms with Crippen molar-refractivity contribution in [2.75, 3.05) is 0 Å². The topological polar surface area (TPSA) is 51.4 Å². The molecule has 0 unspecified atom stereocenters. The number of carbonyl (C=O) groups is 1. The van der Waals surface area contributed by atoms with Gasteiger partial charge in [-0.25, -0.2) is 4.79 Å². The fourth-order valence-electron chi connectivity index (χ4n) is 3.70. The number of fused-ring (bicyclic) bond motifs is 3. The first-order valence-electron chi connectivity index (χ1n) is 7.18. The maximum absolute atomic E-state index is 11.8. The number of rotatable bonds is 0. The molecule has 0 spiro atoms. The van der Waals surface area contributed by atoms with E-state index < -0.39 is 0 Å². The summed E-state index contributed by atoms with van der Waals surface area (Å²) in [6.07, 6.45) is 4.16. The van der Waals surface area contributed by atoms with E-state index in [-0.39, 0.29) is 29.4 Å². The zero-order valence-corrected chi connectivity index (χ0v) is 11.7. The van der Waals surface area contributed by atoms with Crippen LogP contribution in [0.5, 0.6) is 0 Å². The second-order valence-corrected chi connectivity index (χ2v) is 6.83. The number of esters is 1. The molecular formula is C15H20O4. The van der Waals surface area contributed by atoms with Gasteiger partial charge in [0.15, 0.2) is 0 Å². The summed E-state index contributed by atoms with van der Waals surface area (Å²) in [5.41, 5.74) is 1.78. The first-order chi connectivity index (χ1) is 8.91. The molecule has 5 atom stereocenters. The van der Waals surface area contributed by atoms with Crippen LogP contribution in [0.3, 0.4) is 0 Å². The standard InChI is InChI=1S/C15H20O4/c1-8-9-6-12-14(2,19-12)5-4-11-15(3,18-11)7-10(9)17-13(8)16/h10-12H,4-7H2,1-3H3/t10-,11-,12+,14-,15-/m0/s1. The molecule has 0 aromatic heterocycles. The Morgan fingerprint density at radius 1 is 1.16 bits per heavy atom. The first-order valence-corrected chi connectivity index (χ1v) is 7.18. The molecule has 4 heteroatoms. The lowest BCUT2D eigenvalue weighted by Gasteiger charge is -2.18. The lowest BCUT2D eigenvalue weighted by molar-refractivity contribution is -0.140. The maximum Gasteiger partial charge on any atom is 0.334 e. The maximum atomic E-state index is 11.8. The van der Waals surface area contributed by atoms with Crippen molar-refractivity contribution in [3.8, 4) is 0 Å². The van der Waals surface area contributed by atoms with Crippen LogP contribution in [0.4, 0.5) is 0 Å². The van der Waals surface area contributed by atoms with Crippen LogP contribution in [0, 0.1) is 0 Å². The van der Waals surface area contributed by atoms with Crippen LogP contribution in [-0.4, -0.2) is 35.5 Å². The SMILES string of the molecule is CC1=C2C[C@H]3O[C@@]3(C)CC[C@@H]3O[C@@]3(C)C[C@@H]2OC1=O. The van der Waals surface area contributed by atoms with Gasteiger partial charge >= 0.3 is 5.97 Å². The van der Waals surface area contributed by atoms with Crippen LogP contribution >= 0.6 is 0 Å². The zero-order valence-electron chi connectivity index (χ0n) is 11.7. The molecule has 4 aliphatic rings. The van der Waals surface area contributed by atoms with Gasteiger partial charge in [-0.15, -0.1) is 0 Å². The molecule has 0 amide bonds. The van der Waals surface area contributed by atoms with Crippen LogP contribution in [-0.2, 0) is 19.0 Å². The summed E-state index contributed by atoms with van der Waals surface area (Å²) >= 11 is 0. The largest absolute Gasteiger partial charge is 0.454 e. The Morgan fingerprint density at radius 2 is 1.89 bits per heavy atom.